The third-order valence-corrected chi connectivity index (χ3v) is 7.23. The van der Waals surface area contributed by atoms with Crippen molar-refractivity contribution in [3.05, 3.63) is 35.4 Å². The Kier molecular flexibility index (Phi) is 6.81. The molecular formula is C24H35N5O3. The summed E-state index contributed by atoms with van der Waals surface area (Å²) >= 11 is 0. The van der Waals surface area contributed by atoms with Crippen LogP contribution < -0.4 is 10.7 Å². The zero-order valence-corrected chi connectivity index (χ0v) is 19.2. The average molecular weight is 442 g/mol. The first-order valence-electron chi connectivity index (χ1n) is 11.8. The van der Waals surface area contributed by atoms with Crippen molar-refractivity contribution in [3.63, 3.8) is 0 Å². The predicted molar refractivity (Wildman–Crippen MR) is 121 cm³/mol. The molecule has 4 rings (SSSR count). The number of carbonyl (C=O) groups excluding carboxylic acids is 3. The van der Waals surface area contributed by atoms with Crippen LogP contribution in [-0.2, 0) is 16.1 Å². The fourth-order valence-corrected chi connectivity index (χ4v) is 5.05. The quantitative estimate of drug-likeness (QED) is 0.683. The smallest absolute Gasteiger partial charge is 0.322 e. The van der Waals surface area contributed by atoms with E-state index in [1.807, 2.05) is 0 Å². The minimum atomic E-state index is -0.838. The van der Waals surface area contributed by atoms with Crippen LogP contribution in [-0.4, -0.2) is 70.9 Å². The molecule has 2 saturated heterocycles. The van der Waals surface area contributed by atoms with E-state index in [0.29, 0.717) is 18.8 Å². The van der Waals surface area contributed by atoms with Gasteiger partial charge in [0.2, 0.25) is 0 Å². The highest BCUT2D eigenvalue weighted by atomic mass is 16.2. The van der Waals surface area contributed by atoms with Crippen molar-refractivity contribution in [1.29, 1.82) is 0 Å². The molecule has 2 aliphatic heterocycles. The number of imide groups is 1. The van der Waals surface area contributed by atoms with Crippen LogP contribution in [0, 0.1) is 12.8 Å². The van der Waals surface area contributed by atoms with Gasteiger partial charge < -0.3 is 5.32 Å². The highest BCUT2D eigenvalue weighted by Crippen LogP contribution is 2.35. The number of benzene rings is 1. The molecule has 3 fully saturated rings. The number of hydrazine groups is 1. The molecule has 1 aliphatic carbocycles. The van der Waals surface area contributed by atoms with E-state index >= 15 is 0 Å². The first-order valence-corrected chi connectivity index (χ1v) is 11.8. The Morgan fingerprint density at radius 1 is 1.09 bits per heavy atom. The predicted octanol–water partition coefficient (Wildman–Crippen LogP) is 2.03. The van der Waals surface area contributed by atoms with Crippen molar-refractivity contribution in [2.45, 2.75) is 58.0 Å². The summed E-state index contributed by atoms with van der Waals surface area (Å²) in [5.41, 5.74) is 4.36. The minimum Gasteiger partial charge on any atom is -0.322 e. The number of rotatable bonds is 5. The second-order valence-electron chi connectivity index (χ2n) is 9.70. The zero-order valence-electron chi connectivity index (χ0n) is 19.2. The molecule has 2 N–H and O–H groups in total. The maximum absolute atomic E-state index is 12.9. The second-order valence-corrected chi connectivity index (χ2v) is 9.70. The van der Waals surface area contributed by atoms with Crippen LogP contribution >= 0.6 is 0 Å². The maximum Gasteiger partial charge on any atom is 0.344 e. The number of amides is 4. The Morgan fingerprint density at radius 3 is 2.53 bits per heavy atom. The van der Waals surface area contributed by atoms with Gasteiger partial charge in [0.15, 0.2) is 0 Å². The summed E-state index contributed by atoms with van der Waals surface area (Å²) in [6, 6.07) is 7.92. The van der Waals surface area contributed by atoms with E-state index in [2.05, 4.69) is 58.7 Å². The van der Waals surface area contributed by atoms with Gasteiger partial charge in [-0.05, 0) is 69.2 Å². The lowest BCUT2D eigenvalue weighted by molar-refractivity contribution is -0.140. The van der Waals surface area contributed by atoms with E-state index < -0.39 is 11.6 Å². The highest BCUT2D eigenvalue weighted by molar-refractivity contribution is 6.08. The first kappa shape index (κ1) is 22.7. The Morgan fingerprint density at radius 2 is 1.78 bits per heavy atom. The Labute approximate surface area is 190 Å². The molecule has 174 valence electrons. The van der Waals surface area contributed by atoms with Gasteiger partial charge >= 0.3 is 6.03 Å². The molecule has 4 amide bonds. The van der Waals surface area contributed by atoms with E-state index in [1.54, 1.807) is 0 Å². The Balaban J connectivity index is 1.27. The van der Waals surface area contributed by atoms with Crippen LogP contribution in [0.5, 0.6) is 0 Å². The summed E-state index contributed by atoms with van der Waals surface area (Å²) in [6.07, 6.45) is 4.05. The van der Waals surface area contributed by atoms with Gasteiger partial charge in [0.25, 0.3) is 11.8 Å². The molecule has 1 aromatic rings. The molecule has 0 aromatic heterocycles. The molecule has 0 unspecified atom stereocenters. The maximum atomic E-state index is 12.9. The van der Waals surface area contributed by atoms with Crippen LogP contribution in [0.25, 0.3) is 0 Å². The Hall–Kier alpha value is -2.45. The van der Waals surface area contributed by atoms with Crippen LogP contribution in [0.4, 0.5) is 4.79 Å². The van der Waals surface area contributed by atoms with E-state index in [-0.39, 0.29) is 18.4 Å². The van der Waals surface area contributed by atoms with E-state index in [4.69, 9.17) is 0 Å². The molecule has 1 aromatic carbocycles. The lowest BCUT2D eigenvalue weighted by Crippen LogP contribution is -2.53. The molecule has 1 saturated carbocycles. The largest absolute Gasteiger partial charge is 0.344 e. The number of nitrogens with one attached hydrogen (secondary N) is 2. The van der Waals surface area contributed by atoms with Crippen LogP contribution in [0.3, 0.4) is 0 Å². The molecule has 0 atom stereocenters. The van der Waals surface area contributed by atoms with Gasteiger partial charge in [-0.3, -0.25) is 24.8 Å². The van der Waals surface area contributed by atoms with Gasteiger partial charge in [0.05, 0.1) is 6.54 Å². The summed E-state index contributed by atoms with van der Waals surface area (Å²) in [5, 5.41) is 3.75. The lowest BCUT2D eigenvalue weighted by atomic mass is 9.77. The normalized spacial score (nSPS) is 27.4. The SMILES string of the molecule is Cc1ccccc1CN1CCCN(CC(=O)NN2C(=O)NC3(CCC(C)CC3)C2=O)CC1. The van der Waals surface area contributed by atoms with Crippen molar-refractivity contribution in [3.8, 4) is 0 Å². The van der Waals surface area contributed by atoms with E-state index in [0.717, 1.165) is 57.0 Å². The summed E-state index contributed by atoms with van der Waals surface area (Å²) < 4.78 is 0. The van der Waals surface area contributed by atoms with Crippen molar-refractivity contribution in [2.75, 3.05) is 32.7 Å². The summed E-state index contributed by atoms with van der Waals surface area (Å²) in [6.45, 7) is 8.86. The number of nitrogens with zero attached hydrogens (tertiary/aromatic N) is 3. The number of aryl methyl sites for hydroxylation is 1. The summed E-state index contributed by atoms with van der Waals surface area (Å²) in [7, 11) is 0. The summed E-state index contributed by atoms with van der Waals surface area (Å²) in [4.78, 5) is 42.6. The molecule has 3 aliphatic rings. The van der Waals surface area contributed by atoms with Gasteiger partial charge in [0.1, 0.15) is 5.54 Å². The van der Waals surface area contributed by atoms with Gasteiger partial charge in [-0.2, -0.15) is 5.01 Å². The molecule has 0 bridgehead atoms. The Bertz CT molecular complexity index is 865. The number of hydrogen-bond acceptors (Lipinski definition) is 5. The number of urea groups is 1. The van der Waals surface area contributed by atoms with Crippen LogP contribution in [0.15, 0.2) is 24.3 Å². The van der Waals surface area contributed by atoms with Gasteiger partial charge in [-0.1, -0.05) is 31.2 Å². The van der Waals surface area contributed by atoms with Crippen molar-refractivity contribution >= 4 is 17.8 Å². The standard InChI is InChI=1S/C24H35N5O3/c1-18-8-10-24(11-9-18)22(31)29(23(32)25-24)26-21(30)17-28-13-5-12-27(14-15-28)16-20-7-4-3-6-19(20)2/h3-4,6-7,18H,5,8-17H2,1-2H3,(H,25,32)(H,26,30). The molecule has 8 heteroatoms. The van der Waals surface area contributed by atoms with Crippen molar-refractivity contribution in [1.82, 2.24) is 25.6 Å². The molecule has 0 radical (unpaired) electrons. The van der Waals surface area contributed by atoms with Crippen LogP contribution in [0.1, 0.15) is 50.2 Å². The van der Waals surface area contributed by atoms with Crippen molar-refractivity contribution in [2.24, 2.45) is 5.92 Å². The number of carbonyl (C=O) groups is 3. The third kappa shape index (κ3) is 4.96. The van der Waals surface area contributed by atoms with E-state index in [1.165, 1.54) is 11.1 Å². The third-order valence-electron chi connectivity index (χ3n) is 7.23. The fraction of sp³-hybridized carbons (Fsp3) is 0.625. The van der Waals surface area contributed by atoms with E-state index in [9.17, 15) is 14.4 Å². The van der Waals surface area contributed by atoms with Gasteiger partial charge in [-0.15, -0.1) is 0 Å². The molecule has 8 nitrogen and oxygen atoms in total. The first-order chi connectivity index (χ1) is 15.4. The highest BCUT2D eigenvalue weighted by Gasteiger charge is 2.52. The monoisotopic (exact) mass is 441 g/mol. The van der Waals surface area contributed by atoms with Gasteiger partial charge in [0, 0.05) is 19.6 Å². The average Bonchev–Trinajstić information content (AvgIpc) is 2.90. The lowest BCUT2D eigenvalue weighted by Gasteiger charge is -2.33. The summed E-state index contributed by atoms with van der Waals surface area (Å²) in [5.74, 6) is -0.0764. The van der Waals surface area contributed by atoms with Crippen LogP contribution in [0.2, 0.25) is 0 Å². The molecule has 1 spiro atoms. The topological polar surface area (TPSA) is 85.0 Å². The fourth-order valence-electron chi connectivity index (χ4n) is 5.05. The molecule has 32 heavy (non-hydrogen) atoms. The minimum absolute atomic E-state index is 0.180. The molecular weight excluding hydrogens is 406 g/mol. The van der Waals surface area contributed by atoms with Gasteiger partial charge in [-0.25, -0.2) is 4.79 Å². The number of hydrogen-bond donors (Lipinski definition) is 2. The zero-order chi connectivity index (χ0) is 22.7. The second kappa shape index (κ2) is 9.58. The molecule has 2 heterocycles. The van der Waals surface area contributed by atoms with Crippen molar-refractivity contribution < 1.29 is 14.4 Å².